The summed E-state index contributed by atoms with van der Waals surface area (Å²) in [7, 11) is 0. The Morgan fingerprint density at radius 2 is 1.33 bits per heavy atom. The maximum Gasteiger partial charge on any atom is 0.327 e. The van der Waals surface area contributed by atoms with E-state index in [0.29, 0.717) is 0 Å². The summed E-state index contributed by atoms with van der Waals surface area (Å²) in [4.78, 5) is 46.5. The monoisotopic (exact) mass is 258 g/mol. The third-order valence-electron chi connectivity index (χ3n) is 2.54. The van der Waals surface area contributed by atoms with Crippen LogP contribution in [0.15, 0.2) is 0 Å². The van der Waals surface area contributed by atoms with Crippen molar-refractivity contribution in [2.45, 2.75) is 34.1 Å². The number of Topliss-reactive ketones (excluding diaryl/α,β-unsaturated/α-hetero) is 2. The molecule has 0 aliphatic rings. The average molecular weight is 258 g/mol. The summed E-state index contributed by atoms with van der Waals surface area (Å²) >= 11 is 0. The minimum Gasteiger partial charge on any atom is -0.466 e. The molecule has 0 unspecified atom stereocenters. The molecule has 6 nitrogen and oxygen atoms in total. The molecule has 0 atom stereocenters. The Morgan fingerprint density at radius 3 is 1.67 bits per heavy atom. The fraction of sp³-hybridized carbons (Fsp3) is 0.667. The smallest absolute Gasteiger partial charge is 0.327 e. The van der Waals surface area contributed by atoms with Gasteiger partial charge in [-0.25, -0.2) is 0 Å². The Bertz CT molecular complexity index is 344. The minimum absolute atomic E-state index is 0.0178. The van der Waals surface area contributed by atoms with Crippen LogP contribution >= 0.6 is 0 Å². The van der Waals surface area contributed by atoms with Gasteiger partial charge >= 0.3 is 11.9 Å². The van der Waals surface area contributed by atoms with Crippen molar-refractivity contribution >= 4 is 23.5 Å². The normalized spacial score (nSPS) is 10.7. The van der Waals surface area contributed by atoms with Crippen LogP contribution < -0.4 is 0 Å². The van der Waals surface area contributed by atoms with E-state index in [4.69, 9.17) is 4.74 Å². The molecule has 0 saturated heterocycles. The first-order chi connectivity index (χ1) is 8.32. The molecule has 0 spiro atoms. The number of ether oxygens (including phenoxy) is 2. The van der Waals surface area contributed by atoms with E-state index in [1.807, 2.05) is 0 Å². The molecule has 0 aliphatic heterocycles. The van der Waals surface area contributed by atoms with Gasteiger partial charge in [0, 0.05) is 0 Å². The van der Waals surface area contributed by atoms with Gasteiger partial charge in [0.05, 0.1) is 19.6 Å². The van der Waals surface area contributed by atoms with E-state index in [-0.39, 0.29) is 13.2 Å². The first kappa shape index (κ1) is 16.3. The zero-order chi connectivity index (χ0) is 14.3. The van der Waals surface area contributed by atoms with Crippen molar-refractivity contribution in [3.05, 3.63) is 0 Å². The second-order valence-corrected chi connectivity index (χ2v) is 3.72. The van der Waals surface area contributed by atoms with Crippen LogP contribution in [0.3, 0.4) is 0 Å². The number of carbonyl (C=O) groups excluding carboxylic acids is 4. The van der Waals surface area contributed by atoms with Crippen molar-refractivity contribution in [1.82, 2.24) is 0 Å². The average Bonchev–Trinajstić information content (AvgIpc) is 2.25. The second-order valence-electron chi connectivity index (χ2n) is 3.72. The molecule has 0 rings (SSSR count). The molecule has 0 aromatic heterocycles. The van der Waals surface area contributed by atoms with Crippen molar-refractivity contribution in [2.75, 3.05) is 13.2 Å². The highest BCUT2D eigenvalue weighted by Crippen LogP contribution is 2.27. The highest BCUT2D eigenvalue weighted by atomic mass is 16.5. The van der Waals surface area contributed by atoms with Crippen molar-refractivity contribution in [3.63, 3.8) is 0 Å². The molecule has 0 saturated carbocycles. The van der Waals surface area contributed by atoms with E-state index in [1.165, 1.54) is 0 Å². The summed E-state index contributed by atoms with van der Waals surface area (Å²) in [6.07, 6.45) is -0.621. The molecule has 0 amide bonds. The molecule has 0 heterocycles. The number of ketones is 2. The van der Waals surface area contributed by atoms with Gasteiger partial charge in [0.15, 0.2) is 17.0 Å². The Labute approximate surface area is 106 Å². The lowest BCUT2D eigenvalue weighted by molar-refractivity contribution is -0.169. The van der Waals surface area contributed by atoms with Gasteiger partial charge in [0.2, 0.25) is 0 Å². The molecule has 0 aromatic carbocycles. The van der Waals surface area contributed by atoms with Gasteiger partial charge in [-0.15, -0.1) is 0 Å². The maximum absolute atomic E-state index is 11.8. The summed E-state index contributed by atoms with van der Waals surface area (Å²) in [5, 5.41) is 0. The molecule has 102 valence electrons. The molecule has 0 fully saturated rings. The van der Waals surface area contributed by atoms with Crippen LogP contribution in [0.5, 0.6) is 0 Å². The molecule has 0 aromatic rings. The fourth-order valence-electron chi connectivity index (χ4n) is 1.54. The van der Waals surface area contributed by atoms with Crippen LogP contribution in [-0.4, -0.2) is 36.7 Å². The fourth-order valence-corrected chi connectivity index (χ4v) is 1.54. The number of carbonyl (C=O) groups is 4. The van der Waals surface area contributed by atoms with Gasteiger partial charge in [-0.1, -0.05) is 0 Å². The Hall–Kier alpha value is -1.72. The van der Waals surface area contributed by atoms with Crippen LogP contribution in [0.25, 0.3) is 0 Å². The van der Waals surface area contributed by atoms with Crippen LogP contribution in [0.1, 0.15) is 34.1 Å². The largest absolute Gasteiger partial charge is 0.466 e. The summed E-state index contributed by atoms with van der Waals surface area (Å²) in [6, 6.07) is 0. The molecular formula is C12H18O6. The highest BCUT2D eigenvalue weighted by Gasteiger charge is 2.51. The second kappa shape index (κ2) is 6.88. The van der Waals surface area contributed by atoms with E-state index in [9.17, 15) is 19.2 Å². The first-order valence-electron chi connectivity index (χ1n) is 5.67. The van der Waals surface area contributed by atoms with E-state index in [0.717, 1.165) is 13.8 Å². The number of hydrogen-bond donors (Lipinski definition) is 0. The third kappa shape index (κ3) is 3.38. The van der Waals surface area contributed by atoms with Crippen molar-refractivity contribution in [2.24, 2.45) is 5.41 Å². The zero-order valence-corrected chi connectivity index (χ0v) is 11.1. The number of rotatable bonds is 7. The predicted octanol–water partition coefficient (Wildman–Crippen LogP) is 0.667. The van der Waals surface area contributed by atoms with Gasteiger partial charge in [0.25, 0.3) is 0 Å². The summed E-state index contributed by atoms with van der Waals surface area (Å²) in [5.41, 5.74) is -2.08. The van der Waals surface area contributed by atoms with Crippen molar-refractivity contribution < 1.29 is 28.7 Å². The topological polar surface area (TPSA) is 86.7 Å². The van der Waals surface area contributed by atoms with Gasteiger partial charge < -0.3 is 9.47 Å². The van der Waals surface area contributed by atoms with Crippen molar-refractivity contribution in [1.29, 1.82) is 0 Å². The maximum atomic E-state index is 11.8. The quantitative estimate of drug-likeness (QED) is 0.492. The van der Waals surface area contributed by atoms with Crippen LogP contribution in [-0.2, 0) is 28.7 Å². The highest BCUT2D eigenvalue weighted by molar-refractivity contribution is 6.22. The zero-order valence-electron chi connectivity index (χ0n) is 11.1. The van der Waals surface area contributed by atoms with Crippen molar-refractivity contribution in [3.8, 4) is 0 Å². The van der Waals surface area contributed by atoms with Gasteiger partial charge in [-0.05, 0) is 27.7 Å². The van der Waals surface area contributed by atoms with Crippen LogP contribution in [0.4, 0.5) is 0 Å². The van der Waals surface area contributed by atoms with E-state index in [2.05, 4.69) is 4.74 Å². The summed E-state index contributed by atoms with van der Waals surface area (Å²) in [5.74, 6) is -3.22. The molecule has 0 N–H and O–H groups in total. The lowest BCUT2D eigenvalue weighted by Crippen LogP contribution is -2.47. The molecule has 0 aliphatic carbocycles. The van der Waals surface area contributed by atoms with Gasteiger partial charge in [-0.2, -0.15) is 0 Å². The molecular weight excluding hydrogens is 240 g/mol. The van der Waals surface area contributed by atoms with E-state index >= 15 is 0 Å². The lowest BCUT2D eigenvalue weighted by atomic mass is 9.77. The van der Waals surface area contributed by atoms with Crippen LogP contribution in [0, 0.1) is 5.41 Å². The number of esters is 2. The Morgan fingerprint density at radius 1 is 0.889 bits per heavy atom. The Balaban J connectivity index is 5.37. The Kier molecular flexibility index (Phi) is 6.22. The first-order valence-corrected chi connectivity index (χ1v) is 5.67. The van der Waals surface area contributed by atoms with Gasteiger partial charge in [-0.3, -0.25) is 19.2 Å². The molecule has 0 bridgehead atoms. The van der Waals surface area contributed by atoms with E-state index in [1.54, 1.807) is 13.8 Å². The standard InChI is InChI=1S/C12H18O6/c1-5-17-10(15)7-12(8(3)13,9(4)14)11(16)18-6-2/h5-7H2,1-4H3. The summed E-state index contributed by atoms with van der Waals surface area (Å²) < 4.78 is 9.40. The SMILES string of the molecule is CCOC(=O)CC(C(C)=O)(C(C)=O)C(=O)OCC. The number of hydrogen-bond acceptors (Lipinski definition) is 6. The van der Waals surface area contributed by atoms with Crippen LogP contribution in [0.2, 0.25) is 0 Å². The van der Waals surface area contributed by atoms with Gasteiger partial charge in [0.1, 0.15) is 0 Å². The molecule has 6 heteroatoms. The lowest BCUT2D eigenvalue weighted by Gasteiger charge is -2.24. The van der Waals surface area contributed by atoms with E-state index < -0.39 is 35.3 Å². The third-order valence-corrected chi connectivity index (χ3v) is 2.54. The molecule has 0 radical (unpaired) electrons. The molecule has 18 heavy (non-hydrogen) atoms. The minimum atomic E-state index is -2.08. The predicted molar refractivity (Wildman–Crippen MR) is 61.7 cm³/mol. The summed E-state index contributed by atoms with van der Waals surface area (Å²) in [6.45, 7) is 5.42.